The van der Waals surface area contributed by atoms with Crippen molar-refractivity contribution in [1.29, 1.82) is 5.26 Å². The summed E-state index contributed by atoms with van der Waals surface area (Å²) in [6.07, 6.45) is 0. The molecule has 1 aliphatic carbocycles. The Kier molecular flexibility index (Phi) is 3.54. The van der Waals surface area contributed by atoms with Gasteiger partial charge in [0.1, 0.15) is 0 Å². The Morgan fingerprint density at radius 2 is 1.41 bits per heavy atom. The highest BCUT2D eigenvalue weighted by atomic mass is 32.2. The largest absolute Gasteiger partial charge is 0.223 e. The van der Waals surface area contributed by atoms with Crippen molar-refractivity contribution in [3.05, 3.63) is 65.2 Å². The first-order valence-corrected chi connectivity index (χ1v) is 8.76. The third-order valence-corrected chi connectivity index (χ3v) is 6.51. The van der Waals surface area contributed by atoms with Crippen molar-refractivity contribution in [3.8, 4) is 6.07 Å². The number of benzene rings is 2. The fourth-order valence-electron chi connectivity index (χ4n) is 2.89. The molecule has 3 atom stereocenters. The molecule has 1 saturated carbocycles. The molecule has 0 saturated heterocycles. The zero-order valence-electron chi connectivity index (χ0n) is 12.5. The van der Waals surface area contributed by atoms with Gasteiger partial charge in [0.25, 0.3) is 0 Å². The van der Waals surface area contributed by atoms with Crippen molar-refractivity contribution in [3.63, 3.8) is 0 Å². The van der Waals surface area contributed by atoms with Crippen LogP contribution >= 0.6 is 0 Å². The maximum absolute atomic E-state index is 12.8. The smallest absolute Gasteiger partial charge is 0.183 e. The lowest BCUT2D eigenvalue weighted by Gasteiger charge is -2.05. The molecule has 2 aromatic rings. The summed E-state index contributed by atoms with van der Waals surface area (Å²) in [5.74, 6) is -0.689. The molecule has 2 aromatic carbocycles. The average molecular weight is 311 g/mol. The zero-order valence-corrected chi connectivity index (χ0v) is 13.3. The number of nitriles is 1. The van der Waals surface area contributed by atoms with Gasteiger partial charge in [0.15, 0.2) is 9.84 Å². The van der Waals surface area contributed by atoms with E-state index in [0.717, 1.165) is 16.7 Å². The van der Waals surface area contributed by atoms with Gasteiger partial charge in [0.05, 0.1) is 22.1 Å². The van der Waals surface area contributed by atoms with E-state index >= 15 is 0 Å². The predicted molar refractivity (Wildman–Crippen MR) is 85.2 cm³/mol. The van der Waals surface area contributed by atoms with Crippen LogP contribution in [-0.4, -0.2) is 13.7 Å². The second-order valence-electron chi connectivity index (χ2n) is 5.91. The van der Waals surface area contributed by atoms with Gasteiger partial charge >= 0.3 is 0 Å². The predicted octanol–water partition coefficient (Wildman–Crippen LogP) is 3.38. The third-order valence-electron chi connectivity index (χ3n) is 4.27. The van der Waals surface area contributed by atoms with Crippen LogP contribution in [0.5, 0.6) is 0 Å². The SMILES string of the molecule is Cc1ccc([C@@H]2[C@H](C#N)[C@@H]2S(=O)(=O)c2ccc(C)cc2)cc1. The quantitative estimate of drug-likeness (QED) is 0.873. The van der Waals surface area contributed by atoms with E-state index in [0.29, 0.717) is 4.90 Å². The summed E-state index contributed by atoms with van der Waals surface area (Å²) < 4.78 is 25.5. The molecule has 22 heavy (non-hydrogen) atoms. The highest BCUT2D eigenvalue weighted by molar-refractivity contribution is 7.92. The van der Waals surface area contributed by atoms with Crippen LogP contribution in [0.3, 0.4) is 0 Å². The molecule has 3 rings (SSSR count). The van der Waals surface area contributed by atoms with Gasteiger partial charge in [-0.05, 0) is 31.5 Å². The molecule has 112 valence electrons. The molecule has 0 N–H and O–H groups in total. The van der Waals surface area contributed by atoms with Crippen molar-refractivity contribution in [2.45, 2.75) is 29.9 Å². The fraction of sp³-hybridized carbons (Fsp3) is 0.278. The molecule has 0 unspecified atom stereocenters. The van der Waals surface area contributed by atoms with E-state index in [1.54, 1.807) is 24.3 Å². The van der Waals surface area contributed by atoms with E-state index in [1.165, 1.54) is 0 Å². The van der Waals surface area contributed by atoms with Crippen LogP contribution in [0.15, 0.2) is 53.4 Å². The number of hydrogen-bond acceptors (Lipinski definition) is 3. The first-order valence-electron chi connectivity index (χ1n) is 7.22. The molecule has 1 fully saturated rings. The van der Waals surface area contributed by atoms with Gasteiger partial charge in [-0.15, -0.1) is 0 Å². The number of rotatable bonds is 3. The topological polar surface area (TPSA) is 57.9 Å². The van der Waals surface area contributed by atoms with E-state index in [2.05, 4.69) is 6.07 Å². The van der Waals surface area contributed by atoms with E-state index in [1.807, 2.05) is 38.1 Å². The Morgan fingerprint density at radius 3 is 1.91 bits per heavy atom. The first-order chi connectivity index (χ1) is 10.4. The average Bonchev–Trinajstić information content (AvgIpc) is 3.24. The normalized spacial score (nSPS) is 23.8. The third kappa shape index (κ3) is 2.42. The Hall–Kier alpha value is -2.12. The molecule has 0 aliphatic heterocycles. The zero-order chi connectivity index (χ0) is 15.9. The summed E-state index contributed by atoms with van der Waals surface area (Å²) in [6.45, 7) is 3.90. The summed E-state index contributed by atoms with van der Waals surface area (Å²) in [6, 6.07) is 16.8. The summed E-state index contributed by atoms with van der Waals surface area (Å²) in [5, 5.41) is 8.67. The van der Waals surface area contributed by atoms with Gasteiger partial charge in [-0.2, -0.15) is 5.26 Å². The second kappa shape index (κ2) is 5.26. The molecule has 0 amide bonds. The van der Waals surface area contributed by atoms with Crippen LogP contribution < -0.4 is 0 Å². The highest BCUT2D eigenvalue weighted by Gasteiger charge is 2.59. The van der Waals surface area contributed by atoms with Crippen LogP contribution in [0.25, 0.3) is 0 Å². The molecule has 1 aliphatic rings. The Balaban J connectivity index is 1.95. The lowest BCUT2D eigenvalue weighted by atomic mass is 10.1. The Labute approximate surface area is 131 Å². The number of aryl methyl sites for hydroxylation is 2. The summed E-state index contributed by atoms with van der Waals surface area (Å²) >= 11 is 0. The lowest BCUT2D eigenvalue weighted by molar-refractivity contribution is 0.593. The number of nitrogens with zero attached hydrogens (tertiary/aromatic N) is 1. The van der Waals surface area contributed by atoms with Crippen LogP contribution in [0.2, 0.25) is 0 Å². The van der Waals surface area contributed by atoms with Crippen molar-refractivity contribution in [2.75, 3.05) is 0 Å². The molecule has 0 aromatic heterocycles. The van der Waals surface area contributed by atoms with Gasteiger partial charge in [0, 0.05) is 5.92 Å². The molecule has 0 radical (unpaired) electrons. The molecular formula is C18H17NO2S. The van der Waals surface area contributed by atoms with E-state index < -0.39 is 21.0 Å². The molecule has 0 heterocycles. The summed E-state index contributed by atoms with van der Waals surface area (Å²) in [4.78, 5) is 0.304. The van der Waals surface area contributed by atoms with Gasteiger partial charge in [-0.25, -0.2) is 8.42 Å². The monoisotopic (exact) mass is 311 g/mol. The highest BCUT2D eigenvalue weighted by Crippen LogP contribution is 2.53. The maximum atomic E-state index is 12.8. The second-order valence-corrected chi connectivity index (χ2v) is 8.02. The van der Waals surface area contributed by atoms with Crippen LogP contribution in [0, 0.1) is 31.1 Å². The lowest BCUT2D eigenvalue weighted by Crippen LogP contribution is -2.10. The van der Waals surface area contributed by atoms with Gasteiger partial charge in [0.2, 0.25) is 0 Å². The Bertz CT molecular complexity index is 830. The molecule has 3 nitrogen and oxygen atoms in total. The minimum absolute atomic E-state index is 0.225. The first kappa shape index (κ1) is 14.8. The van der Waals surface area contributed by atoms with Crippen molar-refractivity contribution >= 4 is 9.84 Å². The standard InChI is InChI=1S/C18H17NO2S/c1-12-3-7-14(8-4-12)17-16(11-19)18(17)22(20,21)15-9-5-13(2)6-10-15/h3-10,16-18H,1-2H3/t16-,17+,18-/m0/s1. The maximum Gasteiger partial charge on any atom is 0.183 e. The molecule has 0 spiro atoms. The van der Waals surface area contributed by atoms with E-state index in [9.17, 15) is 13.7 Å². The molecular weight excluding hydrogens is 294 g/mol. The van der Waals surface area contributed by atoms with Crippen LogP contribution in [-0.2, 0) is 9.84 Å². The van der Waals surface area contributed by atoms with Gasteiger partial charge in [-0.3, -0.25) is 0 Å². The van der Waals surface area contributed by atoms with E-state index in [4.69, 9.17) is 0 Å². The van der Waals surface area contributed by atoms with Gasteiger partial charge < -0.3 is 0 Å². The number of hydrogen-bond donors (Lipinski definition) is 0. The Morgan fingerprint density at radius 1 is 0.909 bits per heavy atom. The van der Waals surface area contributed by atoms with Crippen molar-refractivity contribution in [1.82, 2.24) is 0 Å². The summed E-state index contributed by atoms with van der Waals surface area (Å²) in [7, 11) is -3.47. The fourth-order valence-corrected chi connectivity index (χ4v) is 4.96. The van der Waals surface area contributed by atoms with E-state index in [-0.39, 0.29) is 5.92 Å². The summed E-state index contributed by atoms with van der Waals surface area (Å²) in [5.41, 5.74) is 3.07. The number of sulfone groups is 1. The van der Waals surface area contributed by atoms with Gasteiger partial charge in [-0.1, -0.05) is 47.5 Å². The van der Waals surface area contributed by atoms with Crippen LogP contribution in [0.1, 0.15) is 22.6 Å². The van der Waals surface area contributed by atoms with Crippen LogP contribution in [0.4, 0.5) is 0 Å². The van der Waals surface area contributed by atoms with Crippen molar-refractivity contribution < 1.29 is 8.42 Å². The molecule has 4 heteroatoms. The molecule has 0 bridgehead atoms. The minimum Gasteiger partial charge on any atom is -0.223 e. The van der Waals surface area contributed by atoms with Crippen molar-refractivity contribution in [2.24, 2.45) is 5.92 Å². The minimum atomic E-state index is -3.47.